The second kappa shape index (κ2) is 47.1. The lowest BCUT2D eigenvalue weighted by Gasteiger charge is -2.25. The van der Waals surface area contributed by atoms with Crippen LogP contribution in [0.25, 0.3) is 32.7 Å². The van der Waals surface area contributed by atoms with Crippen LogP contribution in [0.4, 0.5) is 0 Å². The number of nitrogens with zero attached hydrogens (tertiary/aromatic N) is 8. The van der Waals surface area contributed by atoms with Crippen molar-refractivity contribution >= 4 is 38.6 Å². The van der Waals surface area contributed by atoms with Gasteiger partial charge in [0.2, 0.25) is 5.91 Å². The van der Waals surface area contributed by atoms with Crippen molar-refractivity contribution < 1.29 is 13.9 Å². The van der Waals surface area contributed by atoms with Gasteiger partial charge in [-0.1, -0.05) is 143 Å². The molecule has 1 fully saturated rings. The summed E-state index contributed by atoms with van der Waals surface area (Å²) >= 11 is 0. The summed E-state index contributed by atoms with van der Waals surface area (Å²) in [5.41, 5.74) is 12.1. The standard InChI is InChI=1S/C11H10.C10H9N.C9H8N2.C6H11NO2.2C6H7N.C5H6N2.C5H7N.C5H6O.7CH4/c1-9-5-4-7-10-6-2-3-8-11(9)10;1-8-6-7-9-4-2-3-5-10(9)11-8;1-7-6-10-8-4-2-3-5-9(8)11-7;1-6(8)7-2-4-9-5-3-7;1-6-3-2-4-7-5-6;1-6-4-2-3-5-7-6;1-5-4-6-2-3-7-5;2*1-5-2-3-6-4-5;;;;;;;/h2-8H,1H3;2-7H,1H3;2-6H,1H3;2-5H2,1H3;2*2-5H,1H3;2-4H,1H3;2-4,6H,1H3;2-4H,1H3;7*1H4. The van der Waals surface area contributed by atoms with Gasteiger partial charge in [0.1, 0.15) is 0 Å². The molecule has 1 amide bonds. The van der Waals surface area contributed by atoms with E-state index in [1.54, 1.807) is 61.5 Å². The minimum absolute atomic E-state index is 0. The molecule has 8 heterocycles. The summed E-state index contributed by atoms with van der Waals surface area (Å²) in [6, 6.07) is 48.7. The van der Waals surface area contributed by atoms with Gasteiger partial charge in [-0.15, -0.1) is 0 Å². The maximum absolute atomic E-state index is 10.7. The van der Waals surface area contributed by atoms with E-state index in [1.807, 2.05) is 151 Å². The van der Waals surface area contributed by atoms with Crippen molar-refractivity contribution in [3.05, 3.63) is 259 Å². The Morgan fingerprint density at radius 2 is 1.07 bits per heavy atom. The van der Waals surface area contributed by atoms with Crippen LogP contribution in [0.1, 0.15) is 104 Å². The highest BCUT2D eigenvalue weighted by Crippen LogP contribution is 2.17. The number of aryl methyl sites for hydroxylation is 8. The highest BCUT2D eigenvalue weighted by Gasteiger charge is 2.11. The molecule has 0 aliphatic carbocycles. The highest BCUT2D eigenvalue weighted by atomic mass is 16.5. The first-order valence-corrected chi connectivity index (χ1v) is 24.7. The van der Waals surface area contributed by atoms with Crippen LogP contribution in [-0.4, -0.2) is 77.0 Å². The lowest BCUT2D eigenvalue weighted by molar-refractivity contribution is -0.132. The van der Waals surface area contributed by atoms with Crippen molar-refractivity contribution in [1.29, 1.82) is 0 Å². The maximum Gasteiger partial charge on any atom is 0.219 e. The number of morpholine rings is 1. The van der Waals surface area contributed by atoms with E-state index >= 15 is 0 Å². The van der Waals surface area contributed by atoms with Crippen molar-refractivity contribution in [2.45, 2.75) is 114 Å². The molecular weight excluding hydrogens is 1010 g/mol. The first kappa shape index (κ1) is 79.7. The predicted octanol–water partition coefficient (Wildman–Crippen LogP) is 18.4. The first-order chi connectivity index (χ1) is 36.4. The number of nitrogens with one attached hydrogen (secondary N) is 1. The van der Waals surface area contributed by atoms with Crippen molar-refractivity contribution in [3.8, 4) is 0 Å². The van der Waals surface area contributed by atoms with Crippen LogP contribution in [0.5, 0.6) is 0 Å². The van der Waals surface area contributed by atoms with Crippen LogP contribution in [0.15, 0.2) is 218 Å². The highest BCUT2D eigenvalue weighted by molar-refractivity contribution is 5.85. The molecule has 1 N–H and O–H groups in total. The van der Waals surface area contributed by atoms with Gasteiger partial charge in [0.05, 0.1) is 53.7 Å². The molecule has 1 aliphatic rings. The predicted molar refractivity (Wildman–Crippen MR) is 353 cm³/mol. The average Bonchev–Trinajstić information content (AvgIpc) is 4.15. The molecule has 0 bridgehead atoms. The Hall–Kier alpha value is -8.74. The van der Waals surface area contributed by atoms with Crippen LogP contribution in [-0.2, 0) is 9.53 Å². The Balaban J connectivity index is -0.000000417. The molecule has 1 aliphatic heterocycles. The minimum Gasteiger partial charge on any atom is -0.472 e. The average molecular weight is 1110 g/mol. The third kappa shape index (κ3) is 33.6. The molecule has 0 spiro atoms. The van der Waals surface area contributed by atoms with Crippen LogP contribution < -0.4 is 0 Å². The molecule has 1 saturated heterocycles. The number of carbonyl (C=O) groups excluding carboxylic acids is 1. The monoisotopic (exact) mass is 1110 g/mol. The molecule has 11 aromatic rings. The van der Waals surface area contributed by atoms with Crippen molar-refractivity contribution in [1.82, 2.24) is 44.8 Å². The van der Waals surface area contributed by atoms with Gasteiger partial charge in [-0.05, 0) is 143 Å². The summed E-state index contributed by atoms with van der Waals surface area (Å²) in [4.78, 5) is 43.9. The van der Waals surface area contributed by atoms with E-state index in [-0.39, 0.29) is 57.9 Å². The normalized spacial score (nSPS) is 9.84. The van der Waals surface area contributed by atoms with Gasteiger partial charge in [-0.25, -0.2) is 4.98 Å². The van der Waals surface area contributed by atoms with E-state index in [9.17, 15) is 4.79 Å². The summed E-state index contributed by atoms with van der Waals surface area (Å²) in [5, 5.41) is 3.89. The molecule has 12 rings (SSSR count). The first-order valence-electron chi connectivity index (χ1n) is 24.7. The zero-order valence-electron chi connectivity index (χ0n) is 44.8. The van der Waals surface area contributed by atoms with Gasteiger partial charge < -0.3 is 19.0 Å². The largest absolute Gasteiger partial charge is 0.472 e. The van der Waals surface area contributed by atoms with Gasteiger partial charge in [-0.3, -0.25) is 34.7 Å². The van der Waals surface area contributed by atoms with Crippen molar-refractivity contribution in [2.24, 2.45) is 0 Å². The number of hydrogen-bond acceptors (Lipinski definition) is 10. The number of H-pyrrole nitrogens is 1. The molecule has 0 radical (unpaired) electrons. The van der Waals surface area contributed by atoms with Gasteiger partial charge in [0.15, 0.2) is 0 Å². The van der Waals surface area contributed by atoms with Crippen LogP contribution >= 0.6 is 0 Å². The summed E-state index contributed by atoms with van der Waals surface area (Å²) in [7, 11) is 0. The Bertz CT molecular complexity index is 2990. The van der Waals surface area contributed by atoms with E-state index in [0.29, 0.717) is 13.2 Å². The zero-order chi connectivity index (χ0) is 53.9. The Labute approximate surface area is 494 Å². The van der Waals surface area contributed by atoms with Crippen molar-refractivity contribution in [2.75, 3.05) is 26.3 Å². The van der Waals surface area contributed by atoms with Gasteiger partial charge in [-0.2, -0.15) is 0 Å². The number of aromatic amines is 1. The number of ether oxygens (including phenoxy) is 1. The third-order valence-electron chi connectivity index (χ3n) is 10.5. The van der Waals surface area contributed by atoms with E-state index < -0.39 is 0 Å². The minimum atomic E-state index is 0. The van der Waals surface area contributed by atoms with Gasteiger partial charge in [0, 0.05) is 92.6 Å². The Kier molecular flexibility index (Phi) is 45.8. The fourth-order valence-electron chi connectivity index (χ4n) is 6.49. The number of para-hydroxylation sites is 3. The molecule has 442 valence electrons. The number of rotatable bonds is 0. The summed E-state index contributed by atoms with van der Waals surface area (Å²) in [6.45, 7) is 20.5. The molecule has 7 aromatic heterocycles. The molecule has 82 heavy (non-hydrogen) atoms. The number of hydrogen-bond donors (Lipinski definition) is 1. The summed E-state index contributed by atoms with van der Waals surface area (Å²) < 4.78 is 9.77. The van der Waals surface area contributed by atoms with E-state index in [0.717, 1.165) is 52.4 Å². The van der Waals surface area contributed by atoms with E-state index in [2.05, 4.69) is 108 Å². The quantitative estimate of drug-likeness (QED) is 0.156. The van der Waals surface area contributed by atoms with Crippen LogP contribution in [0.2, 0.25) is 0 Å². The lowest BCUT2D eigenvalue weighted by Crippen LogP contribution is -2.39. The molecular formula is C70H99N9O3. The SMILES string of the molecule is C.C.C.C.C.C.C.CC(=O)N1CCOCC1.Cc1cc[nH]c1.Cc1ccc2ccccc2n1.Cc1cccc2ccccc12.Cc1ccccn1.Cc1cccnc1.Cc1ccoc1.Cc1cnc2ccccc2n1.Cc1cnccn1. The number of benzene rings is 4. The number of pyridine rings is 3. The topological polar surface area (TPSA) is 149 Å². The smallest absolute Gasteiger partial charge is 0.219 e. The number of amides is 1. The Morgan fingerprint density at radius 3 is 1.52 bits per heavy atom. The second-order valence-electron chi connectivity index (χ2n) is 17.1. The number of furan rings is 1. The maximum atomic E-state index is 10.7. The molecule has 0 atom stereocenters. The molecule has 0 unspecified atom stereocenters. The molecule has 0 saturated carbocycles. The molecule has 4 aromatic carbocycles. The van der Waals surface area contributed by atoms with E-state index in [4.69, 9.17) is 9.15 Å². The fourth-order valence-corrected chi connectivity index (χ4v) is 6.49. The number of aromatic nitrogens is 8. The van der Waals surface area contributed by atoms with Crippen LogP contribution in [0.3, 0.4) is 0 Å². The second-order valence-corrected chi connectivity index (χ2v) is 17.1. The fraction of sp³-hybridized carbons (Fsp3) is 0.286. The summed E-state index contributed by atoms with van der Waals surface area (Å²) in [5.74, 6) is 0.151. The number of fused-ring (bicyclic) bond motifs is 3. The van der Waals surface area contributed by atoms with Crippen LogP contribution in [0, 0.1) is 55.4 Å². The van der Waals surface area contributed by atoms with Gasteiger partial charge in [0.25, 0.3) is 0 Å². The third-order valence-corrected chi connectivity index (χ3v) is 10.5. The zero-order valence-corrected chi connectivity index (χ0v) is 44.8. The summed E-state index contributed by atoms with van der Waals surface area (Å²) in [6.07, 6.45) is 19.5. The van der Waals surface area contributed by atoms with Gasteiger partial charge >= 0.3 is 0 Å². The molecule has 12 nitrogen and oxygen atoms in total. The van der Waals surface area contributed by atoms with Crippen molar-refractivity contribution in [3.63, 3.8) is 0 Å². The van der Waals surface area contributed by atoms with E-state index in [1.165, 1.54) is 38.4 Å². The Morgan fingerprint density at radius 1 is 0.463 bits per heavy atom. The number of carbonyl (C=O) groups is 1. The lowest BCUT2D eigenvalue weighted by atomic mass is 10.1. The molecule has 12 heteroatoms.